The smallest absolute Gasteiger partial charge is 0.386 e. The molecule has 0 spiro atoms. The molecule has 0 fully saturated rings. The Morgan fingerprint density at radius 3 is 2.15 bits per heavy atom. The van der Waals surface area contributed by atoms with E-state index >= 15 is 0 Å². The summed E-state index contributed by atoms with van der Waals surface area (Å²) in [7, 11) is 1.78. The Hall–Kier alpha value is -3.43. The first kappa shape index (κ1) is 24.2. The number of aromatic nitrogens is 1. The van der Waals surface area contributed by atoms with Gasteiger partial charge in [0.1, 0.15) is 4.83 Å². The highest BCUT2D eigenvalue weighted by molar-refractivity contribution is 7.22. The predicted octanol–water partition coefficient (Wildman–Crippen LogP) is 6.17. The van der Waals surface area contributed by atoms with Crippen molar-refractivity contribution in [1.29, 1.82) is 0 Å². The van der Waals surface area contributed by atoms with Gasteiger partial charge in [0.25, 0.3) is 5.78 Å². The van der Waals surface area contributed by atoms with E-state index < -0.39 is 12.0 Å². The van der Waals surface area contributed by atoms with Gasteiger partial charge >= 0.3 is 6.18 Å². The number of hydrogen-bond acceptors (Lipinski definition) is 5. The van der Waals surface area contributed by atoms with Gasteiger partial charge < -0.3 is 11.1 Å². The lowest BCUT2D eigenvalue weighted by molar-refractivity contribution is -0.106. The molecule has 0 saturated carbocycles. The van der Waals surface area contributed by atoms with Gasteiger partial charge in [-0.25, -0.2) is 4.98 Å². The number of rotatable bonds is 4. The van der Waals surface area contributed by atoms with Gasteiger partial charge in [-0.3, -0.25) is 9.59 Å². The third-order valence-electron chi connectivity index (χ3n) is 4.61. The molecule has 0 bridgehead atoms. The Morgan fingerprint density at radius 1 is 1.03 bits per heavy atom. The summed E-state index contributed by atoms with van der Waals surface area (Å²) >= 11 is 7.38. The number of alkyl halides is 3. The van der Waals surface area contributed by atoms with Crippen molar-refractivity contribution in [2.24, 2.45) is 5.73 Å². The highest BCUT2D eigenvalue weighted by Gasteiger charge is 2.39. The van der Waals surface area contributed by atoms with Crippen molar-refractivity contribution in [2.45, 2.75) is 6.18 Å². The minimum absolute atomic E-state index is 0.250. The number of pyridine rings is 1. The molecule has 3 N–H and O–H groups in total. The summed E-state index contributed by atoms with van der Waals surface area (Å²) in [6, 6.07) is 16.7. The van der Waals surface area contributed by atoms with Crippen LogP contribution in [0.5, 0.6) is 0 Å². The number of nitrogens with two attached hydrogens (primary N) is 1. The number of thiophene rings is 1. The summed E-state index contributed by atoms with van der Waals surface area (Å²) < 4.78 is 37.9. The maximum Gasteiger partial charge on any atom is 0.454 e. The van der Waals surface area contributed by atoms with Crippen LogP contribution in [0.3, 0.4) is 0 Å². The lowest BCUT2D eigenvalue weighted by Crippen LogP contribution is -2.22. The zero-order chi connectivity index (χ0) is 24.2. The largest absolute Gasteiger partial charge is 0.454 e. The lowest BCUT2D eigenvalue weighted by Gasteiger charge is -2.07. The standard InChI is InChI=1S/C22H14ClF3N2OS.CH3NO/c1-27-18-16-10-11-17(12-6-8-15(23)9-7-12)28-21(16)30-19(18)13-2-4-14(5-3-13)20(29)22(24,25)26;2-1-3/h2-11,27H,1H3;1H,(H2,2,3). The van der Waals surface area contributed by atoms with Gasteiger partial charge in [0.05, 0.1) is 16.3 Å². The molecule has 2 aromatic carbocycles. The summed E-state index contributed by atoms with van der Waals surface area (Å²) in [5.74, 6) is -1.85. The molecule has 170 valence electrons. The van der Waals surface area contributed by atoms with Crippen LogP contribution < -0.4 is 11.1 Å². The number of nitrogens with zero attached hydrogens (tertiary/aromatic N) is 1. The minimum atomic E-state index is -4.89. The average molecular weight is 492 g/mol. The van der Waals surface area contributed by atoms with Crippen LogP contribution in [0.1, 0.15) is 10.4 Å². The summed E-state index contributed by atoms with van der Waals surface area (Å²) in [6.07, 6.45) is -4.64. The number of carbonyl (C=O) groups is 2. The fourth-order valence-electron chi connectivity index (χ4n) is 3.15. The second-order valence-corrected chi connectivity index (χ2v) is 8.09. The Kier molecular flexibility index (Phi) is 7.35. The molecule has 2 heterocycles. The Bertz CT molecular complexity index is 1290. The van der Waals surface area contributed by atoms with E-state index in [0.717, 1.165) is 32.0 Å². The Balaban J connectivity index is 0.000000968. The molecule has 4 aromatic rings. The monoisotopic (exact) mass is 491 g/mol. The second kappa shape index (κ2) is 10.0. The van der Waals surface area contributed by atoms with Gasteiger partial charge in [0.2, 0.25) is 6.41 Å². The molecule has 0 unspecified atom stereocenters. The molecule has 2 aromatic heterocycles. The maximum absolute atomic E-state index is 12.6. The van der Waals surface area contributed by atoms with Crippen LogP contribution in [-0.2, 0) is 4.79 Å². The summed E-state index contributed by atoms with van der Waals surface area (Å²) in [6.45, 7) is 0. The fourth-order valence-corrected chi connectivity index (χ4v) is 4.46. The van der Waals surface area contributed by atoms with E-state index in [2.05, 4.69) is 11.1 Å². The molecule has 0 aliphatic carbocycles. The predicted molar refractivity (Wildman–Crippen MR) is 126 cm³/mol. The number of Topliss-reactive ketones (excluding diaryl/α,β-unsaturated/α-hetero) is 1. The number of primary amides is 1. The number of halogens is 4. The van der Waals surface area contributed by atoms with Gasteiger partial charge in [-0.15, -0.1) is 11.3 Å². The van der Waals surface area contributed by atoms with Crippen LogP contribution in [0.2, 0.25) is 5.02 Å². The van der Waals surface area contributed by atoms with Crippen molar-refractivity contribution >= 4 is 51.0 Å². The van der Waals surface area contributed by atoms with Gasteiger partial charge in [-0.05, 0) is 29.8 Å². The number of hydrogen-bond donors (Lipinski definition) is 2. The molecule has 10 heteroatoms. The van der Waals surface area contributed by atoms with Crippen molar-refractivity contribution in [1.82, 2.24) is 4.98 Å². The third-order valence-corrected chi connectivity index (χ3v) is 6.01. The summed E-state index contributed by atoms with van der Waals surface area (Å²) in [4.78, 5) is 26.4. The zero-order valence-corrected chi connectivity index (χ0v) is 18.7. The van der Waals surface area contributed by atoms with Gasteiger partial charge in [0.15, 0.2) is 0 Å². The fraction of sp³-hybridized carbons (Fsp3) is 0.0870. The van der Waals surface area contributed by atoms with E-state index in [1.54, 1.807) is 19.2 Å². The average Bonchev–Trinajstić information content (AvgIpc) is 3.17. The Morgan fingerprint density at radius 2 is 1.61 bits per heavy atom. The van der Waals surface area contributed by atoms with Crippen LogP contribution >= 0.6 is 22.9 Å². The van der Waals surface area contributed by atoms with Crippen LogP contribution in [-0.4, -0.2) is 30.4 Å². The quantitative estimate of drug-likeness (QED) is 0.264. The van der Waals surface area contributed by atoms with E-state index in [-0.39, 0.29) is 12.0 Å². The third kappa shape index (κ3) is 5.32. The van der Waals surface area contributed by atoms with Gasteiger partial charge in [0, 0.05) is 28.6 Å². The van der Waals surface area contributed by atoms with E-state index in [4.69, 9.17) is 21.4 Å². The second-order valence-electron chi connectivity index (χ2n) is 6.65. The van der Waals surface area contributed by atoms with Crippen LogP contribution in [0.15, 0.2) is 60.7 Å². The van der Waals surface area contributed by atoms with E-state index in [1.807, 2.05) is 24.3 Å². The van der Waals surface area contributed by atoms with Crippen LogP contribution in [0.4, 0.5) is 18.9 Å². The maximum atomic E-state index is 12.6. The number of anilines is 1. The van der Waals surface area contributed by atoms with Crippen molar-refractivity contribution in [3.8, 4) is 21.7 Å². The molecule has 0 aliphatic heterocycles. The summed E-state index contributed by atoms with van der Waals surface area (Å²) in [5.41, 5.74) is 7.04. The van der Waals surface area contributed by atoms with Crippen LogP contribution in [0, 0.1) is 0 Å². The molecule has 0 aliphatic rings. The number of amides is 1. The molecule has 33 heavy (non-hydrogen) atoms. The zero-order valence-electron chi connectivity index (χ0n) is 17.1. The van der Waals surface area contributed by atoms with Crippen molar-refractivity contribution in [2.75, 3.05) is 12.4 Å². The molecular weight excluding hydrogens is 475 g/mol. The molecule has 1 amide bonds. The first-order chi connectivity index (χ1) is 15.7. The number of carbonyl (C=O) groups excluding carboxylic acids is 2. The van der Waals surface area contributed by atoms with E-state index in [1.165, 1.54) is 35.6 Å². The lowest BCUT2D eigenvalue weighted by atomic mass is 10.1. The SMILES string of the molecule is CNc1c(-c2ccc(C(=O)C(F)(F)F)cc2)sc2nc(-c3ccc(Cl)cc3)ccc12.NC=O. The molecule has 4 rings (SSSR count). The van der Waals surface area contributed by atoms with Gasteiger partial charge in [-0.2, -0.15) is 13.2 Å². The first-order valence-electron chi connectivity index (χ1n) is 9.44. The minimum Gasteiger partial charge on any atom is -0.386 e. The number of nitrogens with one attached hydrogen (secondary N) is 1. The van der Waals surface area contributed by atoms with Crippen molar-refractivity contribution in [3.05, 3.63) is 71.2 Å². The molecular formula is C23H17ClF3N3O2S. The highest BCUT2D eigenvalue weighted by Crippen LogP contribution is 2.42. The van der Waals surface area contributed by atoms with Gasteiger partial charge in [-0.1, -0.05) is 48.0 Å². The molecule has 0 saturated heterocycles. The topological polar surface area (TPSA) is 85.1 Å². The van der Waals surface area contributed by atoms with E-state index in [0.29, 0.717) is 10.6 Å². The molecule has 5 nitrogen and oxygen atoms in total. The summed E-state index contributed by atoms with van der Waals surface area (Å²) in [5, 5.41) is 4.70. The van der Waals surface area contributed by atoms with Crippen molar-refractivity contribution < 1.29 is 22.8 Å². The number of benzene rings is 2. The molecule has 0 atom stereocenters. The first-order valence-corrected chi connectivity index (χ1v) is 10.6. The number of fused-ring (bicyclic) bond motifs is 1. The van der Waals surface area contributed by atoms with Crippen LogP contribution in [0.25, 0.3) is 31.9 Å². The number of ketones is 1. The normalized spacial score (nSPS) is 10.9. The Labute approximate surface area is 196 Å². The van der Waals surface area contributed by atoms with E-state index in [9.17, 15) is 18.0 Å². The molecule has 0 radical (unpaired) electrons. The van der Waals surface area contributed by atoms with Crippen molar-refractivity contribution in [3.63, 3.8) is 0 Å². The highest BCUT2D eigenvalue weighted by atomic mass is 35.5.